The van der Waals surface area contributed by atoms with E-state index in [-0.39, 0.29) is 23.6 Å². The lowest BCUT2D eigenvalue weighted by molar-refractivity contribution is -0.141. The van der Waals surface area contributed by atoms with E-state index >= 15 is 0 Å². The summed E-state index contributed by atoms with van der Waals surface area (Å²) in [5.74, 6) is -3.55. The number of rotatable bonds is 11. The lowest BCUT2D eigenvalue weighted by atomic mass is 10.0. The third-order valence-corrected chi connectivity index (χ3v) is 4.46. The highest BCUT2D eigenvalue weighted by atomic mass is 16.4. The van der Waals surface area contributed by atoms with Gasteiger partial charge in [0.25, 0.3) is 5.91 Å². The monoisotopic (exact) mass is 449 g/mol. The van der Waals surface area contributed by atoms with Crippen LogP contribution in [0.5, 0.6) is 0 Å². The smallest absolute Gasteiger partial charge is 0.325 e. The summed E-state index contributed by atoms with van der Waals surface area (Å²) in [5, 5.41) is 18.6. The molecule has 3 atom stereocenters. The molecular weight excluding hydrogens is 418 g/mol. The number of anilines is 1. The van der Waals surface area contributed by atoms with Crippen molar-refractivity contribution in [3.8, 4) is 0 Å². The van der Waals surface area contributed by atoms with Crippen molar-refractivity contribution in [2.45, 2.75) is 52.2 Å². The number of carbonyl (C=O) groups is 5. The zero-order valence-corrected chi connectivity index (χ0v) is 18.6. The van der Waals surface area contributed by atoms with Crippen LogP contribution in [0.25, 0.3) is 0 Å². The van der Waals surface area contributed by atoms with Crippen molar-refractivity contribution in [2.75, 3.05) is 12.3 Å². The summed E-state index contributed by atoms with van der Waals surface area (Å²) in [7, 11) is 0. The fraction of sp³-hybridized carbons (Fsp3) is 0.476. The summed E-state index contributed by atoms with van der Waals surface area (Å²) in [6.07, 6.45) is 0.281. The van der Waals surface area contributed by atoms with Gasteiger partial charge < -0.3 is 32.1 Å². The molecule has 4 amide bonds. The first-order chi connectivity index (χ1) is 14.9. The molecule has 1 aromatic carbocycles. The van der Waals surface area contributed by atoms with Gasteiger partial charge in [-0.1, -0.05) is 26.0 Å². The molecule has 0 aliphatic carbocycles. The molecule has 0 saturated heterocycles. The van der Waals surface area contributed by atoms with E-state index in [1.807, 2.05) is 13.8 Å². The molecule has 0 saturated carbocycles. The number of amides is 4. The second-order valence-electron chi connectivity index (χ2n) is 7.82. The van der Waals surface area contributed by atoms with Gasteiger partial charge in [0.15, 0.2) is 0 Å². The van der Waals surface area contributed by atoms with Crippen molar-refractivity contribution in [3.05, 3.63) is 29.8 Å². The Balaban J connectivity index is 2.61. The predicted molar refractivity (Wildman–Crippen MR) is 117 cm³/mol. The van der Waals surface area contributed by atoms with Gasteiger partial charge in [-0.25, -0.2) is 0 Å². The van der Waals surface area contributed by atoms with Crippen molar-refractivity contribution >= 4 is 35.3 Å². The number of hydrogen-bond acceptors (Lipinski definition) is 6. The molecule has 0 unspecified atom stereocenters. The van der Waals surface area contributed by atoms with E-state index in [2.05, 4.69) is 21.3 Å². The van der Waals surface area contributed by atoms with E-state index < -0.39 is 54.3 Å². The van der Waals surface area contributed by atoms with Crippen LogP contribution >= 0.6 is 0 Å². The molecule has 11 nitrogen and oxygen atoms in total. The molecule has 1 aromatic rings. The predicted octanol–water partition coefficient (Wildman–Crippen LogP) is -0.376. The molecule has 0 aliphatic heterocycles. The summed E-state index contributed by atoms with van der Waals surface area (Å²) in [5.41, 5.74) is 6.24. The minimum Gasteiger partial charge on any atom is -0.480 e. The highest BCUT2D eigenvalue weighted by Gasteiger charge is 2.25. The second-order valence-corrected chi connectivity index (χ2v) is 7.82. The Morgan fingerprint density at radius 3 is 2.09 bits per heavy atom. The van der Waals surface area contributed by atoms with Crippen LogP contribution in [0.1, 0.15) is 44.5 Å². The zero-order valence-electron chi connectivity index (χ0n) is 18.6. The molecule has 11 heteroatoms. The van der Waals surface area contributed by atoms with Crippen LogP contribution in [-0.2, 0) is 19.2 Å². The molecule has 0 radical (unpaired) electrons. The molecule has 0 fully saturated rings. The number of nitrogens with one attached hydrogen (secondary N) is 4. The Hall–Kier alpha value is -3.63. The van der Waals surface area contributed by atoms with Gasteiger partial charge in [-0.05, 0) is 38.3 Å². The van der Waals surface area contributed by atoms with Crippen LogP contribution in [0.15, 0.2) is 24.3 Å². The first-order valence-corrected chi connectivity index (χ1v) is 10.2. The Kier molecular flexibility index (Phi) is 10.1. The van der Waals surface area contributed by atoms with Crippen LogP contribution in [0.2, 0.25) is 0 Å². The van der Waals surface area contributed by atoms with Gasteiger partial charge in [0, 0.05) is 5.69 Å². The largest absolute Gasteiger partial charge is 0.480 e. The van der Waals surface area contributed by atoms with E-state index in [4.69, 9.17) is 10.8 Å². The molecule has 0 aliphatic rings. The van der Waals surface area contributed by atoms with Gasteiger partial charge in [0.2, 0.25) is 17.7 Å². The average Bonchev–Trinajstić information content (AvgIpc) is 2.71. The van der Waals surface area contributed by atoms with E-state index in [1.165, 1.54) is 19.9 Å². The first kappa shape index (κ1) is 26.4. The quantitative estimate of drug-likeness (QED) is 0.249. The van der Waals surface area contributed by atoms with Gasteiger partial charge in [-0.15, -0.1) is 0 Å². The van der Waals surface area contributed by atoms with Crippen LogP contribution in [0, 0.1) is 5.92 Å². The Morgan fingerprint density at radius 1 is 0.906 bits per heavy atom. The number of carbonyl (C=O) groups excluding carboxylic acids is 4. The van der Waals surface area contributed by atoms with Crippen LogP contribution in [-0.4, -0.2) is 59.4 Å². The van der Waals surface area contributed by atoms with Gasteiger partial charge in [-0.3, -0.25) is 24.0 Å². The van der Waals surface area contributed by atoms with Crippen LogP contribution in [0.4, 0.5) is 5.69 Å². The zero-order chi connectivity index (χ0) is 24.4. The number of hydrogen-bond donors (Lipinski definition) is 6. The standard InChI is InChI=1S/C21H31N5O6/c1-11(2)9-16(20(30)25-13(4)21(31)32)26-17(27)10-23-18(28)12(3)24-19(29)14-7-5-6-8-15(14)22/h5-8,11-13,16H,9-10,22H2,1-4H3,(H,23,28)(H,24,29)(H,25,30)(H,26,27)(H,31,32)/t12-,13-,16-/m0/s1. The topological polar surface area (TPSA) is 180 Å². The van der Waals surface area contributed by atoms with Gasteiger partial charge >= 0.3 is 5.97 Å². The third-order valence-electron chi connectivity index (χ3n) is 4.46. The van der Waals surface area contributed by atoms with Crippen molar-refractivity contribution in [3.63, 3.8) is 0 Å². The molecule has 0 spiro atoms. The highest BCUT2D eigenvalue weighted by molar-refractivity contribution is 6.01. The number of benzene rings is 1. The Labute approximate surface area is 186 Å². The molecule has 32 heavy (non-hydrogen) atoms. The number of nitrogen functional groups attached to an aromatic ring is 1. The Morgan fingerprint density at radius 2 is 1.53 bits per heavy atom. The van der Waals surface area contributed by atoms with Crippen molar-refractivity contribution in [1.82, 2.24) is 21.3 Å². The number of nitrogens with two attached hydrogens (primary N) is 1. The fourth-order valence-corrected chi connectivity index (χ4v) is 2.69. The molecule has 0 bridgehead atoms. The minimum absolute atomic E-state index is 0.0430. The summed E-state index contributed by atoms with van der Waals surface area (Å²) in [6, 6.07) is 3.38. The maximum atomic E-state index is 12.3. The summed E-state index contributed by atoms with van der Waals surface area (Å²) in [6.45, 7) is 6.03. The lowest BCUT2D eigenvalue weighted by Gasteiger charge is -2.22. The van der Waals surface area contributed by atoms with E-state index in [9.17, 15) is 24.0 Å². The Bertz CT molecular complexity index is 857. The fourth-order valence-electron chi connectivity index (χ4n) is 2.69. The molecule has 176 valence electrons. The third kappa shape index (κ3) is 8.62. The van der Waals surface area contributed by atoms with Crippen LogP contribution in [0.3, 0.4) is 0 Å². The van der Waals surface area contributed by atoms with Gasteiger partial charge in [0.05, 0.1) is 12.1 Å². The number of carboxylic acid groups (broad SMARTS) is 1. The summed E-state index contributed by atoms with van der Waals surface area (Å²) >= 11 is 0. The SMILES string of the molecule is CC(C)C[C@H](NC(=O)CNC(=O)[C@H](C)NC(=O)c1ccccc1N)C(=O)N[C@@H](C)C(=O)O. The summed E-state index contributed by atoms with van der Waals surface area (Å²) < 4.78 is 0. The normalized spacial score (nSPS) is 13.4. The molecule has 0 aromatic heterocycles. The molecular formula is C21H31N5O6. The van der Waals surface area contributed by atoms with Gasteiger partial charge in [0.1, 0.15) is 18.1 Å². The molecule has 1 rings (SSSR count). The molecule has 0 heterocycles. The number of aliphatic carboxylic acids is 1. The molecule has 7 N–H and O–H groups in total. The highest BCUT2D eigenvalue weighted by Crippen LogP contribution is 2.10. The average molecular weight is 450 g/mol. The first-order valence-electron chi connectivity index (χ1n) is 10.2. The summed E-state index contributed by atoms with van der Waals surface area (Å²) in [4.78, 5) is 60.0. The van der Waals surface area contributed by atoms with Gasteiger partial charge in [-0.2, -0.15) is 0 Å². The van der Waals surface area contributed by atoms with Crippen molar-refractivity contribution in [1.29, 1.82) is 0 Å². The maximum Gasteiger partial charge on any atom is 0.325 e. The maximum absolute atomic E-state index is 12.3. The second kappa shape index (κ2) is 12.3. The lowest BCUT2D eigenvalue weighted by Crippen LogP contribution is -2.53. The van der Waals surface area contributed by atoms with Crippen molar-refractivity contribution in [2.24, 2.45) is 5.92 Å². The number of para-hydroxylation sites is 1. The van der Waals surface area contributed by atoms with Crippen LogP contribution < -0.4 is 27.0 Å². The van der Waals surface area contributed by atoms with E-state index in [0.717, 1.165) is 0 Å². The van der Waals surface area contributed by atoms with Crippen molar-refractivity contribution < 1.29 is 29.1 Å². The van der Waals surface area contributed by atoms with E-state index in [1.54, 1.807) is 18.2 Å². The van der Waals surface area contributed by atoms with E-state index in [0.29, 0.717) is 0 Å². The minimum atomic E-state index is -1.20. The number of carboxylic acids is 1.